The SMILES string of the molecule is Cc1cc(C)n2ncc(-c3noc(CCN4CCSC4=O)n3)c2n1. The molecule has 0 saturated carbocycles. The van der Waals surface area contributed by atoms with E-state index in [2.05, 4.69) is 20.2 Å². The Balaban J connectivity index is 1.57. The molecule has 9 heteroatoms. The van der Waals surface area contributed by atoms with Crippen LogP contribution in [0.3, 0.4) is 0 Å². The first-order chi connectivity index (χ1) is 11.6. The summed E-state index contributed by atoms with van der Waals surface area (Å²) in [7, 11) is 0. The van der Waals surface area contributed by atoms with Gasteiger partial charge in [0, 0.05) is 36.7 Å². The maximum atomic E-state index is 11.6. The molecule has 1 amide bonds. The number of rotatable bonds is 4. The molecule has 1 aliphatic rings. The van der Waals surface area contributed by atoms with E-state index in [9.17, 15) is 4.79 Å². The smallest absolute Gasteiger partial charge is 0.281 e. The molecule has 24 heavy (non-hydrogen) atoms. The lowest BCUT2D eigenvalue weighted by atomic mass is 10.3. The maximum absolute atomic E-state index is 11.6. The van der Waals surface area contributed by atoms with Gasteiger partial charge in [0.05, 0.1) is 11.8 Å². The highest BCUT2D eigenvalue weighted by Crippen LogP contribution is 2.22. The molecule has 0 aliphatic carbocycles. The van der Waals surface area contributed by atoms with Crippen LogP contribution in [0.15, 0.2) is 16.8 Å². The standard InChI is InChI=1S/C15H16N6O2S/c1-9-7-10(2)21-14(17-9)11(8-16-21)13-18-12(23-19-13)3-4-20-5-6-24-15(20)22/h7-8H,3-6H2,1-2H3. The highest BCUT2D eigenvalue weighted by Gasteiger charge is 2.22. The van der Waals surface area contributed by atoms with Gasteiger partial charge in [-0.3, -0.25) is 4.79 Å². The van der Waals surface area contributed by atoms with Crippen molar-refractivity contribution in [1.29, 1.82) is 0 Å². The molecule has 124 valence electrons. The Labute approximate surface area is 142 Å². The number of carbonyl (C=O) groups excluding carboxylic acids is 1. The lowest BCUT2D eigenvalue weighted by molar-refractivity contribution is 0.228. The third kappa shape index (κ3) is 2.64. The Morgan fingerprint density at radius 3 is 3.00 bits per heavy atom. The molecule has 0 unspecified atom stereocenters. The number of hydrogen-bond donors (Lipinski definition) is 0. The Morgan fingerprint density at radius 2 is 2.21 bits per heavy atom. The van der Waals surface area contributed by atoms with Crippen molar-refractivity contribution in [3.63, 3.8) is 0 Å². The summed E-state index contributed by atoms with van der Waals surface area (Å²) in [5, 5.41) is 8.50. The minimum Gasteiger partial charge on any atom is -0.339 e. The molecule has 1 fully saturated rings. The van der Waals surface area contributed by atoms with Crippen molar-refractivity contribution in [1.82, 2.24) is 29.6 Å². The molecule has 1 aliphatic heterocycles. The van der Waals surface area contributed by atoms with Crippen LogP contribution in [0.5, 0.6) is 0 Å². The highest BCUT2D eigenvalue weighted by atomic mass is 32.2. The van der Waals surface area contributed by atoms with Gasteiger partial charge in [-0.15, -0.1) is 0 Å². The van der Waals surface area contributed by atoms with Crippen LogP contribution in [0.2, 0.25) is 0 Å². The van der Waals surface area contributed by atoms with Gasteiger partial charge >= 0.3 is 0 Å². The molecule has 0 aromatic carbocycles. The zero-order valence-electron chi connectivity index (χ0n) is 13.4. The lowest BCUT2D eigenvalue weighted by Crippen LogP contribution is -2.25. The van der Waals surface area contributed by atoms with Crippen LogP contribution in [-0.2, 0) is 6.42 Å². The van der Waals surface area contributed by atoms with Crippen LogP contribution in [0.1, 0.15) is 17.3 Å². The van der Waals surface area contributed by atoms with E-state index in [0.29, 0.717) is 30.3 Å². The van der Waals surface area contributed by atoms with Gasteiger partial charge in [0.25, 0.3) is 5.24 Å². The first-order valence-electron chi connectivity index (χ1n) is 7.68. The van der Waals surface area contributed by atoms with E-state index in [1.165, 1.54) is 11.8 Å². The van der Waals surface area contributed by atoms with Gasteiger partial charge in [0.1, 0.15) is 0 Å². The predicted molar refractivity (Wildman–Crippen MR) is 88.9 cm³/mol. The highest BCUT2D eigenvalue weighted by molar-refractivity contribution is 8.13. The molecule has 8 nitrogen and oxygen atoms in total. The zero-order chi connectivity index (χ0) is 16.7. The number of hydrogen-bond acceptors (Lipinski definition) is 7. The molecule has 0 radical (unpaired) electrons. The van der Waals surface area contributed by atoms with Gasteiger partial charge in [0.15, 0.2) is 5.65 Å². The van der Waals surface area contributed by atoms with Crippen molar-refractivity contribution < 1.29 is 9.32 Å². The van der Waals surface area contributed by atoms with Gasteiger partial charge in [0.2, 0.25) is 11.7 Å². The average Bonchev–Trinajstić information content (AvgIpc) is 3.24. The number of amides is 1. The summed E-state index contributed by atoms with van der Waals surface area (Å²) in [4.78, 5) is 22.4. The molecule has 3 aromatic heterocycles. The first-order valence-corrected chi connectivity index (χ1v) is 8.67. The topological polar surface area (TPSA) is 89.4 Å². The largest absolute Gasteiger partial charge is 0.339 e. The van der Waals surface area contributed by atoms with Gasteiger partial charge in [-0.25, -0.2) is 9.50 Å². The molecule has 3 aromatic rings. The minimum atomic E-state index is 0.118. The summed E-state index contributed by atoms with van der Waals surface area (Å²) in [5.41, 5.74) is 3.36. The van der Waals surface area contributed by atoms with E-state index >= 15 is 0 Å². The van der Waals surface area contributed by atoms with Gasteiger partial charge in [-0.2, -0.15) is 10.1 Å². The predicted octanol–water partition coefficient (Wildman–Crippen LogP) is 2.11. The maximum Gasteiger partial charge on any atom is 0.281 e. The van der Waals surface area contributed by atoms with Crippen molar-refractivity contribution in [2.75, 3.05) is 18.8 Å². The third-order valence-electron chi connectivity index (χ3n) is 3.93. The summed E-state index contributed by atoms with van der Waals surface area (Å²) in [5.74, 6) is 1.83. The van der Waals surface area contributed by atoms with Crippen LogP contribution in [-0.4, -0.2) is 53.7 Å². The number of carbonyl (C=O) groups is 1. The van der Waals surface area contributed by atoms with Crippen LogP contribution in [0.25, 0.3) is 17.0 Å². The molecular formula is C15H16N6O2S. The molecule has 0 N–H and O–H groups in total. The number of aryl methyl sites for hydroxylation is 2. The van der Waals surface area contributed by atoms with E-state index < -0.39 is 0 Å². The summed E-state index contributed by atoms with van der Waals surface area (Å²) in [6, 6.07) is 1.97. The van der Waals surface area contributed by atoms with Crippen LogP contribution < -0.4 is 0 Å². The van der Waals surface area contributed by atoms with Gasteiger partial charge in [-0.05, 0) is 19.9 Å². The zero-order valence-corrected chi connectivity index (χ0v) is 14.2. The number of thioether (sulfide) groups is 1. The number of fused-ring (bicyclic) bond motifs is 1. The Morgan fingerprint density at radius 1 is 1.33 bits per heavy atom. The summed E-state index contributed by atoms with van der Waals surface area (Å²) in [6.07, 6.45) is 2.24. The summed E-state index contributed by atoms with van der Waals surface area (Å²) < 4.78 is 7.08. The van der Waals surface area contributed by atoms with Crippen molar-refractivity contribution in [2.24, 2.45) is 0 Å². The monoisotopic (exact) mass is 344 g/mol. The number of aromatic nitrogens is 5. The number of nitrogens with zero attached hydrogens (tertiary/aromatic N) is 6. The molecular weight excluding hydrogens is 328 g/mol. The molecule has 1 saturated heterocycles. The van der Waals surface area contributed by atoms with Crippen LogP contribution in [0, 0.1) is 13.8 Å². The van der Waals surface area contributed by atoms with Crippen molar-refractivity contribution >= 4 is 22.6 Å². The Bertz CT molecular complexity index is 918. The van der Waals surface area contributed by atoms with E-state index in [4.69, 9.17) is 4.52 Å². The molecule has 0 atom stereocenters. The first kappa shape index (κ1) is 15.1. The quantitative estimate of drug-likeness (QED) is 0.716. The second-order valence-corrected chi connectivity index (χ2v) is 6.74. The van der Waals surface area contributed by atoms with E-state index in [-0.39, 0.29) is 5.24 Å². The Kier molecular flexibility index (Phi) is 3.72. The van der Waals surface area contributed by atoms with E-state index in [1.54, 1.807) is 15.6 Å². The van der Waals surface area contributed by atoms with Gasteiger partial charge < -0.3 is 9.42 Å². The molecule has 0 bridgehead atoms. The van der Waals surface area contributed by atoms with Crippen molar-refractivity contribution in [3.8, 4) is 11.4 Å². The molecule has 0 spiro atoms. The van der Waals surface area contributed by atoms with E-state index in [0.717, 1.165) is 29.2 Å². The van der Waals surface area contributed by atoms with Crippen LogP contribution in [0.4, 0.5) is 4.79 Å². The van der Waals surface area contributed by atoms with Crippen LogP contribution >= 0.6 is 11.8 Å². The lowest BCUT2D eigenvalue weighted by Gasteiger charge is -2.11. The second kappa shape index (κ2) is 5.90. The minimum absolute atomic E-state index is 0.118. The average molecular weight is 344 g/mol. The fraction of sp³-hybridized carbons (Fsp3) is 0.400. The molecule has 4 rings (SSSR count). The summed E-state index contributed by atoms with van der Waals surface area (Å²) in [6.45, 7) is 5.29. The Hall–Kier alpha value is -2.42. The van der Waals surface area contributed by atoms with E-state index in [1.807, 2.05) is 19.9 Å². The fourth-order valence-corrected chi connectivity index (χ4v) is 3.60. The summed E-state index contributed by atoms with van der Waals surface area (Å²) >= 11 is 1.35. The van der Waals surface area contributed by atoms with Crippen molar-refractivity contribution in [3.05, 3.63) is 29.5 Å². The third-order valence-corrected chi connectivity index (χ3v) is 4.82. The van der Waals surface area contributed by atoms with Crippen molar-refractivity contribution in [2.45, 2.75) is 20.3 Å². The molecule has 4 heterocycles. The second-order valence-electron chi connectivity index (χ2n) is 5.70. The van der Waals surface area contributed by atoms with Gasteiger partial charge in [-0.1, -0.05) is 16.9 Å². The normalized spacial score (nSPS) is 14.9. The fourth-order valence-electron chi connectivity index (χ4n) is 2.75.